The molecule has 1 aromatic heterocycles. The largest absolute Gasteiger partial charge is 0.360 e. The van der Waals surface area contributed by atoms with Crippen molar-refractivity contribution in [3.05, 3.63) is 40.1 Å². The maximum atomic E-state index is 6.02. The molecule has 0 unspecified atom stereocenters. The number of nitrogens with one attached hydrogen (secondary N) is 2. The van der Waals surface area contributed by atoms with Crippen molar-refractivity contribution in [3.8, 4) is 0 Å². The number of nitrogens with zero attached hydrogens (tertiary/aromatic N) is 3. The maximum Gasteiger partial charge on any atom is 0.248 e. The summed E-state index contributed by atoms with van der Waals surface area (Å²) in [6, 6.07) is 5.98. The van der Waals surface area contributed by atoms with Crippen molar-refractivity contribution in [2.24, 2.45) is 0 Å². The number of rotatable bonds is 4. The number of aromatic nitrogens is 3. The summed E-state index contributed by atoms with van der Waals surface area (Å²) in [5.41, 5.74) is 1.00. The highest BCUT2D eigenvalue weighted by Crippen LogP contribution is 2.23. The Labute approximate surface area is 150 Å². The number of anilines is 1. The molecular weight excluding hydrogens is 353 g/mol. The third-order valence-corrected chi connectivity index (χ3v) is 4.74. The molecule has 1 saturated carbocycles. The number of thiocarbonyl (C=S) groups is 1. The monoisotopic (exact) mass is 369 g/mol. The summed E-state index contributed by atoms with van der Waals surface area (Å²) in [7, 11) is 0. The summed E-state index contributed by atoms with van der Waals surface area (Å²) < 4.78 is 1.72. The van der Waals surface area contributed by atoms with Crippen molar-refractivity contribution >= 4 is 46.5 Å². The lowest BCUT2D eigenvalue weighted by Gasteiger charge is -2.13. The SMILES string of the molecule is S=C(Nc1ncn(Cc2ccc(Cl)c(Cl)c2)n1)NC1CCCC1. The Kier molecular flexibility index (Phi) is 5.35. The molecule has 3 rings (SSSR count). The number of hydrogen-bond donors (Lipinski definition) is 2. The van der Waals surface area contributed by atoms with Gasteiger partial charge in [0, 0.05) is 6.04 Å². The molecule has 1 aromatic carbocycles. The summed E-state index contributed by atoms with van der Waals surface area (Å²) in [6.45, 7) is 0.564. The minimum Gasteiger partial charge on any atom is -0.360 e. The van der Waals surface area contributed by atoms with Crippen molar-refractivity contribution in [1.29, 1.82) is 0 Å². The van der Waals surface area contributed by atoms with Crippen molar-refractivity contribution in [2.75, 3.05) is 5.32 Å². The van der Waals surface area contributed by atoms with Gasteiger partial charge in [-0.1, -0.05) is 42.1 Å². The lowest BCUT2D eigenvalue weighted by atomic mass is 10.2. The van der Waals surface area contributed by atoms with Crippen LogP contribution < -0.4 is 10.6 Å². The fourth-order valence-corrected chi connectivity index (χ4v) is 3.22. The summed E-state index contributed by atoms with van der Waals surface area (Å²) in [4.78, 5) is 4.22. The second-order valence-electron chi connectivity index (χ2n) is 5.59. The van der Waals surface area contributed by atoms with Gasteiger partial charge in [-0.15, -0.1) is 5.10 Å². The summed E-state index contributed by atoms with van der Waals surface area (Å²) in [5, 5.41) is 12.3. The standard InChI is InChI=1S/C15H17Cl2N5S/c16-12-6-5-10(7-13(12)17)8-22-9-18-14(21-22)20-15(23)19-11-3-1-2-4-11/h5-7,9,11H,1-4,8H2,(H2,19,20,21,23). The molecule has 8 heteroatoms. The molecule has 0 radical (unpaired) electrons. The van der Waals surface area contributed by atoms with E-state index >= 15 is 0 Å². The molecule has 23 heavy (non-hydrogen) atoms. The van der Waals surface area contributed by atoms with E-state index in [0.717, 1.165) is 5.56 Å². The summed E-state index contributed by atoms with van der Waals surface area (Å²) in [6.07, 6.45) is 6.51. The van der Waals surface area contributed by atoms with Crippen molar-refractivity contribution in [2.45, 2.75) is 38.3 Å². The molecule has 1 fully saturated rings. The van der Waals surface area contributed by atoms with Gasteiger partial charge in [-0.3, -0.25) is 5.32 Å². The highest BCUT2D eigenvalue weighted by atomic mass is 35.5. The Morgan fingerprint density at radius 2 is 2.04 bits per heavy atom. The first-order valence-electron chi connectivity index (χ1n) is 7.51. The molecule has 1 aliphatic carbocycles. The third-order valence-electron chi connectivity index (χ3n) is 3.78. The van der Waals surface area contributed by atoms with Crippen LogP contribution in [0.5, 0.6) is 0 Å². The zero-order valence-electron chi connectivity index (χ0n) is 12.4. The van der Waals surface area contributed by atoms with Crippen LogP contribution in [0.3, 0.4) is 0 Å². The van der Waals surface area contributed by atoms with E-state index in [1.807, 2.05) is 12.1 Å². The molecule has 0 spiro atoms. The molecule has 2 aromatic rings. The molecule has 0 bridgehead atoms. The number of hydrogen-bond acceptors (Lipinski definition) is 3. The van der Waals surface area contributed by atoms with Gasteiger partial charge in [0.05, 0.1) is 16.6 Å². The average Bonchev–Trinajstić information content (AvgIpc) is 3.15. The van der Waals surface area contributed by atoms with Gasteiger partial charge >= 0.3 is 0 Å². The topological polar surface area (TPSA) is 54.8 Å². The Balaban J connectivity index is 1.56. The van der Waals surface area contributed by atoms with E-state index in [4.69, 9.17) is 35.4 Å². The van der Waals surface area contributed by atoms with Crippen molar-refractivity contribution in [3.63, 3.8) is 0 Å². The zero-order valence-corrected chi connectivity index (χ0v) is 14.8. The van der Waals surface area contributed by atoms with E-state index < -0.39 is 0 Å². The minimum atomic E-state index is 0.466. The molecule has 0 aliphatic heterocycles. The van der Waals surface area contributed by atoms with Crippen LogP contribution in [-0.2, 0) is 6.54 Å². The van der Waals surface area contributed by atoms with Gasteiger partial charge in [0.15, 0.2) is 5.11 Å². The van der Waals surface area contributed by atoms with Gasteiger partial charge in [0.1, 0.15) is 6.33 Å². The summed E-state index contributed by atoms with van der Waals surface area (Å²) >= 11 is 17.2. The van der Waals surface area contributed by atoms with Crippen LogP contribution in [0.15, 0.2) is 24.5 Å². The van der Waals surface area contributed by atoms with Crippen LogP contribution in [0.2, 0.25) is 10.0 Å². The Morgan fingerprint density at radius 3 is 2.78 bits per heavy atom. The second-order valence-corrected chi connectivity index (χ2v) is 6.82. The average molecular weight is 370 g/mol. The van der Waals surface area contributed by atoms with Gasteiger partial charge < -0.3 is 5.32 Å². The third kappa shape index (κ3) is 4.56. The Hall–Kier alpha value is -1.37. The van der Waals surface area contributed by atoms with Gasteiger partial charge in [0.2, 0.25) is 5.95 Å². The number of benzene rings is 1. The predicted molar refractivity (Wildman–Crippen MR) is 97.2 cm³/mol. The van der Waals surface area contributed by atoms with E-state index in [0.29, 0.717) is 33.7 Å². The second kappa shape index (κ2) is 7.47. The predicted octanol–water partition coefficient (Wildman–Crippen LogP) is 3.86. The van der Waals surface area contributed by atoms with Crippen LogP contribution in [-0.4, -0.2) is 25.9 Å². The van der Waals surface area contributed by atoms with Gasteiger partial charge in [-0.2, -0.15) is 0 Å². The molecular formula is C15H17Cl2N5S. The first-order chi connectivity index (χ1) is 11.1. The normalized spacial score (nSPS) is 14.9. The van der Waals surface area contributed by atoms with Gasteiger partial charge in [-0.25, -0.2) is 9.67 Å². The minimum absolute atomic E-state index is 0.466. The Morgan fingerprint density at radius 1 is 1.26 bits per heavy atom. The zero-order chi connectivity index (χ0) is 16.2. The van der Waals surface area contributed by atoms with E-state index in [-0.39, 0.29) is 0 Å². The highest BCUT2D eigenvalue weighted by molar-refractivity contribution is 7.80. The number of halogens is 2. The van der Waals surface area contributed by atoms with Crippen LogP contribution in [0.1, 0.15) is 31.2 Å². The molecule has 5 nitrogen and oxygen atoms in total. The molecule has 122 valence electrons. The molecule has 1 aliphatic rings. The van der Waals surface area contributed by atoms with Crippen molar-refractivity contribution in [1.82, 2.24) is 20.1 Å². The van der Waals surface area contributed by atoms with Crippen LogP contribution >= 0.6 is 35.4 Å². The lowest BCUT2D eigenvalue weighted by molar-refractivity contribution is 0.634. The quantitative estimate of drug-likeness (QED) is 0.801. The smallest absolute Gasteiger partial charge is 0.248 e. The fraction of sp³-hybridized carbons (Fsp3) is 0.400. The van der Waals surface area contributed by atoms with Crippen LogP contribution in [0.4, 0.5) is 5.95 Å². The maximum absolute atomic E-state index is 6.02. The van der Waals surface area contributed by atoms with E-state index in [1.165, 1.54) is 25.7 Å². The van der Waals surface area contributed by atoms with E-state index in [1.54, 1.807) is 17.1 Å². The molecule has 0 atom stereocenters. The van der Waals surface area contributed by atoms with E-state index in [2.05, 4.69) is 20.7 Å². The molecule has 2 N–H and O–H groups in total. The first kappa shape index (κ1) is 16.5. The lowest BCUT2D eigenvalue weighted by Crippen LogP contribution is -2.36. The molecule has 0 amide bonds. The fourth-order valence-electron chi connectivity index (χ4n) is 2.65. The van der Waals surface area contributed by atoms with Crippen molar-refractivity contribution < 1.29 is 0 Å². The Bertz CT molecular complexity index is 697. The molecule has 0 saturated heterocycles. The van der Waals surface area contributed by atoms with Gasteiger partial charge in [-0.05, 0) is 42.8 Å². The first-order valence-corrected chi connectivity index (χ1v) is 8.67. The van der Waals surface area contributed by atoms with Gasteiger partial charge in [0.25, 0.3) is 0 Å². The summed E-state index contributed by atoms with van der Waals surface area (Å²) in [5.74, 6) is 0.487. The van der Waals surface area contributed by atoms with E-state index in [9.17, 15) is 0 Å². The highest BCUT2D eigenvalue weighted by Gasteiger charge is 2.16. The molecule has 1 heterocycles. The van der Waals surface area contributed by atoms with Crippen LogP contribution in [0.25, 0.3) is 0 Å². The van der Waals surface area contributed by atoms with Crippen LogP contribution in [0, 0.1) is 0 Å².